The molecule has 2 unspecified atom stereocenters. The van der Waals surface area contributed by atoms with Crippen molar-refractivity contribution in [3.05, 3.63) is 71.5 Å². The summed E-state index contributed by atoms with van der Waals surface area (Å²) in [6.07, 6.45) is 0.515. The zero-order valence-electron chi connectivity index (χ0n) is 17.9. The fraction of sp³-hybridized carbons (Fsp3) is 0.391. The molecule has 1 fully saturated rings. The summed E-state index contributed by atoms with van der Waals surface area (Å²) >= 11 is 0. The Kier molecular flexibility index (Phi) is 6.57. The number of tetrazole rings is 1. The smallest absolute Gasteiger partial charge is 0.245 e. The average molecular weight is 421 g/mol. The zero-order chi connectivity index (χ0) is 21.6. The molecular formula is C23H28N6O2. The number of benzene rings is 2. The molecule has 0 aliphatic carbocycles. The summed E-state index contributed by atoms with van der Waals surface area (Å²) in [6.45, 7) is 7.12. The first kappa shape index (κ1) is 21.0. The van der Waals surface area contributed by atoms with Gasteiger partial charge in [0.05, 0.1) is 19.3 Å². The molecule has 162 valence electrons. The SMILES string of the molecule is Cc1nnnn1C(Cc1ccccc1)C(=O)NC(C)c1ccc(N2CCOCC2)cc1. The van der Waals surface area contributed by atoms with Gasteiger partial charge in [0.1, 0.15) is 11.9 Å². The van der Waals surface area contributed by atoms with E-state index in [0.29, 0.717) is 12.2 Å². The van der Waals surface area contributed by atoms with E-state index < -0.39 is 6.04 Å². The summed E-state index contributed by atoms with van der Waals surface area (Å²) in [6, 6.07) is 17.6. The van der Waals surface area contributed by atoms with Crippen LogP contribution >= 0.6 is 0 Å². The molecule has 0 bridgehead atoms. The minimum atomic E-state index is -0.521. The molecule has 1 aliphatic heterocycles. The van der Waals surface area contributed by atoms with Gasteiger partial charge >= 0.3 is 0 Å². The normalized spacial score (nSPS) is 16.0. The highest BCUT2D eigenvalue weighted by atomic mass is 16.5. The number of rotatable bonds is 7. The highest BCUT2D eigenvalue weighted by Crippen LogP contribution is 2.22. The van der Waals surface area contributed by atoms with E-state index in [1.807, 2.05) is 37.3 Å². The van der Waals surface area contributed by atoms with Gasteiger partial charge in [-0.1, -0.05) is 42.5 Å². The molecule has 0 spiro atoms. The standard InChI is InChI=1S/C23H28N6O2/c1-17(20-8-10-21(11-9-20)28-12-14-31-15-13-28)24-23(30)22(29-18(2)25-26-27-29)16-19-6-4-3-5-7-19/h3-11,17,22H,12-16H2,1-2H3,(H,24,30). The summed E-state index contributed by atoms with van der Waals surface area (Å²) in [4.78, 5) is 15.6. The molecule has 1 saturated heterocycles. The largest absolute Gasteiger partial charge is 0.378 e. The van der Waals surface area contributed by atoms with Crippen LogP contribution < -0.4 is 10.2 Å². The van der Waals surface area contributed by atoms with Gasteiger partial charge in [-0.15, -0.1) is 5.10 Å². The Morgan fingerprint density at radius 1 is 1.10 bits per heavy atom. The van der Waals surface area contributed by atoms with Gasteiger partial charge in [0.25, 0.3) is 0 Å². The van der Waals surface area contributed by atoms with Crippen LogP contribution in [0.1, 0.15) is 36.0 Å². The molecule has 2 atom stereocenters. The van der Waals surface area contributed by atoms with Crippen LogP contribution in [0, 0.1) is 6.92 Å². The van der Waals surface area contributed by atoms with Crippen molar-refractivity contribution in [3.8, 4) is 0 Å². The second-order valence-corrected chi connectivity index (χ2v) is 7.80. The third-order valence-electron chi connectivity index (χ3n) is 5.66. The maximum atomic E-state index is 13.2. The predicted octanol–water partition coefficient (Wildman–Crippen LogP) is 2.48. The van der Waals surface area contributed by atoms with Crippen LogP contribution in [0.15, 0.2) is 54.6 Å². The number of hydrogen-bond donors (Lipinski definition) is 1. The van der Waals surface area contributed by atoms with Crippen molar-refractivity contribution in [2.45, 2.75) is 32.4 Å². The highest BCUT2D eigenvalue weighted by molar-refractivity contribution is 5.81. The number of anilines is 1. The third kappa shape index (κ3) is 5.08. The zero-order valence-corrected chi connectivity index (χ0v) is 17.9. The number of ether oxygens (including phenoxy) is 1. The van der Waals surface area contributed by atoms with Gasteiger partial charge in [0.2, 0.25) is 5.91 Å². The van der Waals surface area contributed by atoms with E-state index in [2.05, 4.69) is 50.0 Å². The Balaban J connectivity index is 1.46. The topological polar surface area (TPSA) is 85.2 Å². The summed E-state index contributed by atoms with van der Waals surface area (Å²) in [5.41, 5.74) is 3.29. The summed E-state index contributed by atoms with van der Waals surface area (Å²) < 4.78 is 7.02. The van der Waals surface area contributed by atoms with Crippen LogP contribution in [0.3, 0.4) is 0 Å². The van der Waals surface area contributed by atoms with Crippen molar-refractivity contribution >= 4 is 11.6 Å². The molecule has 8 nitrogen and oxygen atoms in total. The van der Waals surface area contributed by atoms with E-state index in [9.17, 15) is 4.79 Å². The van der Waals surface area contributed by atoms with E-state index in [1.165, 1.54) is 5.69 Å². The number of amides is 1. The Hall–Kier alpha value is -3.26. The first-order valence-electron chi connectivity index (χ1n) is 10.6. The molecule has 2 heterocycles. The van der Waals surface area contributed by atoms with Gasteiger partial charge in [-0.25, -0.2) is 4.68 Å². The summed E-state index contributed by atoms with van der Waals surface area (Å²) in [5.74, 6) is 0.502. The average Bonchev–Trinajstić information content (AvgIpc) is 3.24. The van der Waals surface area contributed by atoms with E-state index >= 15 is 0 Å². The van der Waals surface area contributed by atoms with Crippen LogP contribution in [0.5, 0.6) is 0 Å². The van der Waals surface area contributed by atoms with Crippen molar-refractivity contribution in [1.29, 1.82) is 0 Å². The second-order valence-electron chi connectivity index (χ2n) is 7.80. The maximum Gasteiger partial charge on any atom is 0.245 e. The Bertz CT molecular complexity index is 983. The minimum absolute atomic E-state index is 0.107. The fourth-order valence-corrected chi connectivity index (χ4v) is 3.84. The van der Waals surface area contributed by atoms with Gasteiger partial charge in [-0.3, -0.25) is 4.79 Å². The van der Waals surface area contributed by atoms with Gasteiger partial charge in [0, 0.05) is 25.2 Å². The molecule has 2 aromatic carbocycles. The van der Waals surface area contributed by atoms with Gasteiger partial charge in [0.15, 0.2) is 0 Å². The maximum absolute atomic E-state index is 13.2. The first-order chi connectivity index (χ1) is 15.1. The van der Waals surface area contributed by atoms with E-state index in [-0.39, 0.29) is 11.9 Å². The lowest BCUT2D eigenvalue weighted by Gasteiger charge is -2.29. The van der Waals surface area contributed by atoms with Crippen LogP contribution in [0.4, 0.5) is 5.69 Å². The first-order valence-corrected chi connectivity index (χ1v) is 10.6. The lowest BCUT2D eigenvalue weighted by molar-refractivity contribution is -0.125. The fourth-order valence-electron chi connectivity index (χ4n) is 3.84. The van der Waals surface area contributed by atoms with E-state index in [0.717, 1.165) is 37.4 Å². The number of nitrogens with zero attached hydrogens (tertiary/aromatic N) is 5. The number of carbonyl (C=O) groups excluding carboxylic acids is 1. The summed E-state index contributed by atoms with van der Waals surface area (Å²) in [7, 11) is 0. The molecule has 1 amide bonds. The monoisotopic (exact) mass is 420 g/mol. The molecule has 8 heteroatoms. The van der Waals surface area contributed by atoms with Crippen LogP contribution in [-0.2, 0) is 16.0 Å². The molecule has 31 heavy (non-hydrogen) atoms. The Morgan fingerprint density at radius 3 is 2.45 bits per heavy atom. The van der Waals surface area contributed by atoms with Gasteiger partial charge in [-0.2, -0.15) is 0 Å². The second kappa shape index (κ2) is 9.70. The number of carbonyl (C=O) groups is 1. The molecule has 0 saturated carbocycles. The molecule has 3 aromatic rings. The van der Waals surface area contributed by atoms with Crippen LogP contribution in [-0.4, -0.2) is 52.4 Å². The predicted molar refractivity (Wildman–Crippen MR) is 118 cm³/mol. The molecule has 4 rings (SSSR count). The third-order valence-corrected chi connectivity index (χ3v) is 5.66. The van der Waals surface area contributed by atoms with Gasteiger partial charge in [-0.05, 0) is 47.5 Å². The summed E-state index contributed by atoms with van der Waals surface area (Å²) in [5, 5.41) is 14.9. The van der Waals surface area contributed by atoms with Crippen molar-refractivity contribution in [2.24, 2.45) is 0 Å². The van der Waals surface area contributed by atoms with E-state index in [4.69, 9.17) is 4.74 Å². The number of aromatic nitrogens is 4. The molecule has 1 N–H and O–H groups in total. The lowest BCUT2D eigenvalue weighted by Crippen LogP contribution is -2.37. The quantitative estimate of drug-likeness (QED) is 0.632. The van der Waals surface area contributed by atoms with Crippen molar-refractivity contribution in [3.63, 3.8) is 0 Å². The Morgan fingerprint density at radius 2 is 1.81 bits per heavy atom. The number of hydrogen-bond acceptors (Lipinski definition) is 6. The van der Waals surface area contributed by atoms with E-state index in [1.54, 1.807) is 11.6 Å². The molecule has 0 radical (unpaired) electrons. The molecule has 1 aliphatic rings. The van der Waals surface area contributed by atoms with Gasteiger partial charge < -0.3 is 15.0 Å². The van der Waals surface area contributed by atoms with Crippen molar-refractivity contribution in [2.75, 3.05) is 31.2 Å². The highest BCUT2D eigenvalue weighted by Gasteiger charge is 2.25. The molecule has 1 aromatic heterocycles. The number of nitrogens with one attached hydrogen (secondary N) is 1. The lowest BCUT2D eigenvalue weighted by atomic mass is 10.0. The molecular weight excluding hydrogens is 392 g/mol. The number of morpholine rings is 1. The minimum Gasteiger partial charge on any atom is -0.378 e. The number of aryl methyl sites for hydroxylation is 1. The van der Waals surface area contributed by atoms with Crippen molar-refractivity contribution in [1.82, 2.24) is 25.5 Å². The Labute approximate surface area is 182 Å². The van der Waals surface area contributed by atoms with Crippen LogP contribution in [0.2, 0.25) is 0 Å². The van der Waals surface area contributed by atoms with Crippen LogP contribution in [0.25, 0.3) is 0 Å². The van der Waals surface area contributed by atoms with Crippen molar-refractivity contribution < 1.29 is 9.53 Å².